The van der Waals surface area contributed by atoms with Crippen molar-refractivity contribution in [2.24, 2.45) is 5.92 Å². The standard InChI is InChI=1S/C21H27NO/c1-17-16-22(13-11-18-7-4-3-5-8-18)14-12-21(17,2)19-9-6-10-20(23)15-19/h3-10,15,17,23H,11-14,16H2,1-2H3/t17-,21+/m1/s1. The first-order valence-corrected chi connectivity index (χ1v) is 8.64. The molecule has 2 atom stereocenters. The Kier molecular flexibility index (Phi) is 4.72. The van der Waals surface area contributed by atoms with Crippen LogP contribution in [0.2, 0.25) is 0 Å². The molecule has 1 aliphatic heterocycles. The lowest BCUT2D eigenvalue weighted by molar-refractivity contribution is 0.112. The summed E-state index contributed by atoms with van der Waals surface area (Å²) in [4.78, 5) is 2.59. The maximum Gasteiger partial charge on any atom is 0.115 e. The monoisotopic (exact) mass is 309 g/mol. The summed E-state index contributed by atoms with van der Waals surface area (Å²) in [6, 6.07) is 18.6. The molecular formula is C21H27NO. The summed E-state index contributed by atoms with van der Waals surface area (Å²) in [7, 11) is 0. The zero-order valence-corrected chi connectivity index (χ0v) is 14.2. The van der Waals surface area contributed by atoms with Crippen LogP contribution in [0, 0.1) is 5.92 Å². The second-order valence-corrected chi connectivity index (χ2v) is 7.16. The van der Waals surface area contributed by atoms with Crippen LogP contribution in [0.3, 0.4) is 0 Å². The van der Waals surface area contributed by atoms with Crippen LogP contribution in [0.25, 0.3) is 0 Å². The van der Waals surface area contributed by atoms with E-state index in [1.165, 1.54) is 11.1 Å². The van der Waals surface area contributed by atoms with Gasteiger partial charge in [0.2, 0.25) is 0 Å². The molecule has 2 aromatic carbocycles. The lowest BCUT2D eigenvalue weighted by Gasteiger charge is -2.45. The molecule has 122 valence electrons. The normalized spacial score (nSPS) is 25.4. The molecule has 0 unspecified atom stereocenters. The van der Waals surface area contributed by atoms with Gasteiger partial charge in [-0.3, -0.25) is 0 Å². The number of rotatable bonds is 4. The number of hydrogen-bond acceptors (Lipinski definition) is 2. The summed E-state index contributed by atoms with van der Waals surface area (Å²) in [6.07, 6.45) is 2.27. The van der Waals surface area contributed by atoms with E-state index in [-0.39, 0.29) is 5.41 Å². The van der Waals surface area contributed by atoms with Crippen LogP contribution in [0.1, 0.15) is 31.4 Å². The van der Waals surface area contributed by atoms with Gasteiger partial charge in [0, 0.05) is 13.1 Å². The predicted molar refractivity (Wildman–Crippen MR) is 95.8 cm³/mol. The maximum atomic E-state index is 9.80. The van der Waals surface area contributed by atoms with Crippen LogP contribution in [-0.2, 0) is 11.8 Å². The third kappa shape index (κ3) is 3.59. The van der Waals surface area contributed by atoms with Gasteiger partial charge in [-0.15, -0.1) is 0 Å². The minimum Gasteiger partial charge on any atom is -0.508 e. The van der Waals surface area contributed by atoms with Crippen molar-refractivity contribution in [1.29, 1.82) is 0 Å². The molecule has 0 aromatic heterocycles. The van der Waals surface area contributed by atoms with Crippen LogP contribution in [0.4, 0.5) is 0 Å². The van der Waals surface area contributed by atoms with Crippen LogP contribution >= 0.6 is 0 Å². The van der Waals surface area contributed by atoms with Gasteiger partial charge in [-0.1, -0.05) is 56.3 Å². The summed E-state index contributed by atoms with van der Waals surface area (Å²) in [5.41, 5.74) is 2.84. The highest BCUT2D eigenvalue weighted by molar-refractivity contribution is 5.33. The topological polar surface area (TPSA) is 23.5 Å². The van der Waals surface area contributed by atoms with Crippen LogP contribution in [0.15, 0.2) is 54.6 Å². The van der Waals surface area contributed by atoms with E-state index in [2.05, 4.69) is 55.1 Å². The van der Waals surface area contributed by atoms with Crippen molar-refractivity contribution in [3.8, 4) is 5.75 Å². The van der Waals surface area contributed by atoms with E-state index in [0.717, 1.165) is 32.5 Å². The molecule has 2 nitrogen and oxygen atoms in total. The fourth-order valence-corrected chi connectivity index (χ4v) is 3.74. The van der Waals surface area contributed by atoms with Gasteiger partial charge in [0.15, 0.2) is 0 Å². The fourth-order valence-electron chi connectivity index (χ4n) is 3.74. The molecule has 1 aliphatic rings. The van der Waals surface area contributed by atoms with E-state index in [1.54, 1.807) is 6.07 Å². The van der Waals surface area contributed by atoms with E-state index in [4.69, 9.17) is 0 Å². The average Bonchev–Trinajstić information content (AvgIpc) is 2.57. The number of hydrogen-bond donors (Lipinski definition) is 1. The Bertz CT molecular complexity index is 639. The first kappa shape index (κ1) is 16.1. The Morgan fingerprint density at radius 2 is 1.91 bits per heavy atom. The zero-order valence-electron chi connectivity index (χ0n) is 14.2. The molecule has 1 heterocycles. The number of phenolic OH excluding ortho intramolecular Hbond substituents is 1. The molecule has 1 saturated heterocycles. The first-order chi connectivity index (χ1) is 11.1. The van der Waals surface area contributed by atoms with E-state index in [0.29, 0.717) is 11.7 Å². The SMILES string of the molecule is C[C@@H]1CN(CCc2ccccc2)CC[C@]1(C)c1cccc(O)c1. The highest BCUT2D eigenvalue weighted by Gasteiger charge is 2.37. The Hall–Kier alpha value is -1.80. The van der Waals surface area contributed by atoms with Gasteiger partial charge in [0.25, 0.3) is 0 Å². The third-order valence-electron chi connectivity index (χ3n) is 5.63. The zero-order chi connectivity index (χ0) is 16.3. The largest absolute Gasteiger partial charge is 0.508 e. The van der Waals surface area contributed by atoms with Crippen molar-refractivity contribution in [3.05, 3.63) is 65.7 Å². The van der Waals surface area contributed by atoms with Crippen molar-refractivity contribution >= 4 is 0 Å². The number of benzene rings is 2. The highest BCUT2D eigenvalue weighted by Crippen LogP contribution is 2.40. The second kappa shape index (κ2) is 6.76. The summed E-state index contributed by atoms with van der Waals surface area (Å²) in [5.74, 6) is 0.955. The van der Waals surface area contributed by atoms with Gasteiger partial charge in [-0.2, -0.15) is 0 Å². The predicted octanol–water partition coefficient (Wildman–Crippen LogP) is 4.23. The minimum absolute atomic E-state index is 0.155. The molecule has 2 heteroatoms. The highest BCUT2D eigenvalue weighted by atomic mass is 16.3. The van der Waals surface area contributed by atoms with Crippen molar-refractivity contribution < 1.29 is 5.11 Å². The molecule has 2 aromatic rings. The molecule has 1 N–H and O–H groups in total. The van der Waals surface area contributed by atoms with E-state index in [9.17, 15) is 5.11 Å². The quantitative estimate of drug-likeness (QED) is 0.913. The molecule has 0 spiro atoms. The second-order valence-electron chi connectivity index (χ2n) is 7.16. The smallest absolute Gasteiger partial charge is 0.115 e. The average molecular weight is 309 g/mol. The molecular weight excluding hydrogens is 282 g/mol. The van der Waals surface area contributed by atoms with Gasteiger partial charge < -0.3 is 10.0 Å². The first-order valence-electron chi connectivity index (χ1n) is 8.64. The lowest BCUT2D eigenvalue weighted by atomic mass is 9.68. The molecule has 3 rings (SSSR count). The van der Waals surface area contributed by atoms with Crippen LogP contribution < -0.4 is 0 Å². The molecule has 0 radical (unpaired) electrons. The summed E-state index contributed by atoms with van der Waals surface area (Å²) in [5, 5.41) is 9.80. The molecule has 1 fully saturated rings. The van der Waals surface area contributed by atoms with E-state index >= 15 is 0 Å². The van der Waals surface area contributed by atoms with E-state index in [1.807, 2.05) is 12.1 Å². The third-order valence-corrected chi connectivity index (χ3v) is 5.63. The number of nitrogens with zero attached hydrogens (tertiary/aromatic N) is 1. The van der Waals surface area contributed by atoms with Crippen LogP contribution in [0.5, 0.6) is 5.75 Å². The molecule has 0 amide bonds. The number of piperidine rings is 1. The molecule has 0 saturated carbocycles. The fraction of sp³-hybridized carbons (Fsp3) is 0.429. The molecule has 0 aliphatic carbocycles. The Labute approximate surface area is 139 Å². The lowest BCUT2D eigenvalue weighted by Crippen LogP contribution is -2.47. The summed E-state index contributed by atoms with van der Waals surface area (Å²) >= 11 is 0. The molecule has 23 heavy (non-hydrogen) atoms. The van der Waals surface area contributed by atoms with Crippen molar-refractivity contribution in [2.45, 2.75) is 32.1 Å². The van der Waals surface area contributed by atoms with Crippen molar-refractivity contribution in [3.63, 3.8) is 0 Å². The Morgan fingerprint density at radius 1 is 1.13 bits per heavy atom. The summed E-state index contributed by atoms with van der Waals surface area (Å²) < 4.78 is 0. The number of phenols is 1. The molecule has 0 bridgehead atoms. The number of likely N-dealkylation sites (tertiary alicyclic amines) is 1. The van der Waals surface area contributed by atoms with Crippen molar-refractivity contribution in [2.75, 3.05) is 19.6 Å². The van der Waals surface area contributed by atoms with Crippen LogP contribution in [-0.4, -0.2) is 29.6 Å². The minimum atomic E-state index is 0.155. The Balaban J connectivity index is 1.63. The number of aromatic hydroxyl groups is 1. The van der Waals surface area contributed by atoms with Gasteiger partial charge in [-0.05, 0) is 54.0 Å². The van der Waals surface area contributed by atoms with Gasteiger partial charge >= 0.3 is 0 Å². The summed E-state index contributed by atoms with van der Waals surface area (Å²) in [6.45, 7) is 8.08. The van der Waals surface area contributed by atoms with Gasteiger partial charge in [0.1, 0.15) is 5.75 Å². The van der Waals surface area contributed by atoms with E-state index < -0.39 is 0 Å². The Morgan fingerprint density at radius 3 is 2.61 bits per heavy atom. The van der Waals surface area contributed by atoms with Gasteiger partial charge in [0.05, 0.1) is 0 Å². The van der Waals surface area contributed by atoms with Gasteiger partial charge in [-0.25, -0.2) is 0 Å². The van der Waals surface area contributed by atoms with Crippen molar-refractivity contribution in [1.82, 2.24) is 4.90 Å². The maximum absolute atomic E-state index is 9.80.